The van der Waals surface area contributed by atoms with Crippen molar-refractivity contribution in [2.24, 2.45) is 0 Å². The number of rotatable bonds is 3. The van der Waals surface area contributed by atoms with Crippen molar-refractivity contribution >= 4 is 22.3 Å². The molecule has 21 heavy (non-hydrogen) atoms. The number of hydrogen-bond donors (Lipinski definition) is 1. The van der Waals surface area contributed by atoms with Gasteiger partial charge in [-0.3, -0.25) is 4.79 Å². The number of fused-ring (bicyclic) bond motifs is 1. The Labute approximate surface area is 122 Å². The van der Waals surface area contributed by atoms with E-state index in [1.54, 1.807) is 7.11 Å². The number of hydrogen-bond acceptors (Lipinski definition) is 3. The van der Waals surface area contributed by atoms with Gasteiger partial charge in [-0.15, -0.1) is 0 Å². The van der Waals surface area contributed by atoms with Crippen LogP contribution in [0.5, 0.6) is 5.75 Å². The van der Waals surface area contributed by atoms with Crippen molar-refractivity contribution in [3.8, 4) is 5.75 Å². The number of nitrogens with zero attached hydrogens (tertiary/aromatic N) is 1. The second-order valence-corrected chi connectivity index (χ2v) is 4.83. The van der Waals surface area contributed by atoms with E-state index in [9.17, 15) is 4.79 Å². The normalized spacial score (nSPS) is 10.6. The lowest BCUT2D eigenvalue weighted by atomic mass is 10.2. The first-order valence-electron chi connectivity index (χ1n) is 6.69. The van der Waals surface area contributed by atoms with Gasteiger partial charge in [0.05, 0.1) is 7.11 Å². The lowest BCUT2D eigenvalue weighted by molar-refractivity contribution is 0.415. The molecule has 1 aromatic heterocycles. The molecule has 4 nitrogen and oxygen atoms in total. The fraction of sp³-hybridized carbons (Fsp3) is 0.118. The lowest BCUT2D eigenvalue weighted by Crippen LogP contribution is -2.20. The van der Waals surface area contributed by atoms with Crippen molar-refractivity contribution in [2.45, 2.75) is 0 Å². The fourth-order valence-electron chi connectivity index (χ4n) is 2.33. The molecule has 0 bridgehead atoms. The molecule has 0 radical (unpaired) electrons. The van der Waals surface area contributed by atoms with Crippen molar-refractivity contribution in [1.29, 1.82) is 0 Å². The van der Waals surface area contributed by atoms with Crippen molar-refractivity contribution in [1.82, 2.24) is 4.98 Å². The van der Waals surface area contributed by atoms with Gasteiger partial charge in [0.25, 0.3) is 5.56 Å². The van der Waals surface area contributed by atoms with E-state index in [0.29, 0.717) is 5.69 Å². The maximum atomic E-state index is 12.2. The van der Waals surface area contributed by atoms with Crippen LogP contribution in [0.3, 0.4) is 0 Å². The number of anilines is 2. The van der Waals surface area contributed by atoms with Crippen LogP contribution in [0.2, 0.25) is 0 Å². The maximum absolute atomic E-state index is 12.2. The molecule has 0 aliphatic carbocycles. The summed E-state index contributed by atoms with van der Waals surface area (Å²) < 4.78 is 5.15. The highest BCUT2D eigenvalue weighted by atomic mass is 16.5. The third-order valence-corrected chi connectivity index (χ3v) is 3.55. The Kier molecular flexibility index (Phi) is 3.36. The zero-order valence-corrected chi connectivity index (χ0v) is 12.0. The van der Waals surface area contributed by atoms with E-state index < -0.39 is 0 Å². The summed E-state index contributed by atoms with van der Waals surface area (Å²) in [5, 5.41) is 1.01. The molecular formula is C17H16N2O2. The molecule has 1 N–H and O–H groups in total. The monoisotopic (exact) mass is 280 g/mol. The highest BCUT2D eigenvalue weighted by Gasteiger charge is 2.09. The first-order valence-corrected chi connectivity index (χ1v) is 6.69. The van der Waals surface area contributed by atoms with E-state index >= 15 is 0 Å². The van der Waals surface area contributed by atoms with Crippen LogP contribution in [0.1, 0.15) is 0 Å². The van der Waals surface area contributed by atoms with E-state index in [1.165, 1.54) is 0 Å². The number of nitrogens with one attached hydrogen (secondary N) is 1. The van der Waals surface area contributed by atoms with Gasteiger partial charge in [0.1, 0.15) is 11.4 Å². The summed E-state index contributed by atoms with van der Waals surface area (Å²) in [4.78, 5) is 17.0. The molecule has 0 aliphatic rings. The van der Waals surface area contributed by atoms with Crippen LogP contribution in [0, 0.1) is 0 Å². The van der Waals surface area contributed by atoms with Crippen LogP contribution in [-0.4, -0.2) is 19.1 Å². The molecule has 4 heteroatoms. The molecule has 0 saturated heterocycles. The second kappa shape index (κ2) is 5.32. The number of para-hydroxylation sites is 1. The number of ether oxygens (including phenoxy) is 1. The van der Waals surface area contributed by atoms with Crippen LogP contribution < -0.4 is 15.2 Å². The summed E-state index contributed by atoms with van der Waals surface area (Å²) in [5.41, 5.74) is 2.27. The van der Waals surface area contributed by atoms with Crippen molar-refractivity contribution in [3.63, 3.8) is 0 Å². The minimum Gasteiger partial charge on any atom is -0.497 e. The Hall–Kier alpha value is -2.75. The zero-order chi connectivity index (χ0) is 14.8. The topological polar surface area (TPSA) is 45.3 Å². The van der Waals surface area contributed by atoms with E-state index in [2.05, 4.69) is 4.98 Å². The predicted molar refractivity (Wildman–Crippen MR) is 85.6 cm³/mol. The average Bonchev–Trinajstić information content (AvgIpc) is 2.53. The average molecular weight is 280 g/mol. The van der Waals surface area contributed by atoms with E-state index in [1.807, 2.05) is 66.5 Å². The van der Waals surface area contributed by atoms with E-state index in [0.717, 1.165) is 22.3 Å². The lowest BCUT2D eigenvalue weighted by Gasteiger charge is -2.19. The molecule has 0 amide bonds. The Bertz CT molecular complexity index is 822. The smallest absolute Gasteiger partial charge is 0.272 e. The minimum atomic E-state index is -0.105. The highest BCUT2D eigenvalue weighted by Crippen LogP contribution is 2.24. The van der Waals surface area contributed by atoms with Gasteiger partial charge in [0.15, 0.2) is 0 Å². The molecule has 0 spiro atoms. The van der Waals surface area contributed by atoms with Crippen LogP contribution in [0.25, 0.3) is 10.9 Å². The largest absolute Gasteiger partial charge is 0.497 e. The van der Waals surface area contributed by atoms with Crippen molar-refractivity contribution in [3.05, 3.63) is 65.0 Å². The number of aromatic amines is 1. The van der Waals surface area contributed by atoms with Crippen LogP contribution in [0.15, 0.2) is 59.4 Å². The second-order valence-electron chi connectivity index (χ2n) is 4.83. The fourth-order valence-corrected chi connectivity index (χ4v) is 2.33. The zero-order valence-electron chi connectivity index (χ0n) is 12.0. The van der Waals surface area contributed by atoms with E-state index in [-0.39, 0.29) is 5.56 Å². The number of benzene rings is 2. The number of H-pyrrole nitrogens is 1. The van der Waals surface area contributed by atoms with Crippen LogP contribution in [-0.2, 0) is 0 Å². The summed E-state index contributed by atoms with van der Waals surface area (Å²) in [6.07, 6.45) is 0. The SMILES string of the molecule is COc1ccc(N(C)c2cc3ccccc3[nH]c2=O)cc1. The van der Waals surface area contributed by atoms with Gasteiger partial charge in [-0.1, -0.05) is 18.2 Å². The Balaban J connectivity index is 2.05. The number of methoxy groups -OCH3 is 1. The first-order chi connectivity index (χ1) is 10.2. The Morgan fingerprint density at radius 2 is 1.76 bits per heavy atom. The summed E-state index contributed by atoms with van der Waals surface area (Å²) in [6, 6.07) is 17.2. The molecule has 0 unspecified atom stereocenters. The molecule has 0 aliphatic heterocycles. The van der Waals surface area contributed by atoms with Crippen molar-refractivity contribution < 1.29 is 4.74 Å². The molecule has 3 rings (SSSR count). The summed E-state index contributed by atoms with van der Waals surface area (Å²) >= 11 is 0. The minimum absolute atomic E-state index is 0.105. The molecule has 3 aromatic rings. The third kappa shape index (κ3) is 2.48. The van der Waals surface area contributed by atoms with Gasteiger partial charge < -0.3 is 14.6 Å². The van der Waals surface area contributed by atoms with Gasteiger partial charge in [-0.25, -0.2) is 0 Å². The molecule has 1 heterocycles. The standard InChI is InChI=1S/C17H16N2O2/c1-19(13-7-9-14(21-2)10-8-13)16-11-12-5-3-4-6-15(12)18-17(16)20/h3-11H,1-2H3,(H,18,20). The molecule has 2 aromatic carbocycles. The molecular weight excluding hydrogens is 264 g/mol. The third-order valence-electron chi connectivity index (χ3n) is 3.55. The molecule has 0 saturated carbocycles. The first kappa shape index (κ1) is 13.2. The van der Waals surface area contributed by atoms with Crippen molar-refractivity contribution in [2.75, 3.05) is 19.1 Å². The summed E-state index contributed by atoms with van der Waals surface area (Å²) in [7, 11) is 3.51. The molecule has 0 fully saturated rings. The number of pyridine rings is 1. The quantitative estimate of drug-likeness (QED) is 0.800. The number of aromatic nitrogens is 1. The van der Waals surface area contributed by atoms with Gasteiger partial charge >= 0.3 is 0 Å². The van der Waals surface area contributed by atoms with E-state index in [4.69, 9.17) is 4.74 Å². The highest BCUT2D eigenvalue weighted by molar-refractivity contribution is 5.82. The van der Waals surface area contributed by atoms with Gasteiger partial charge in [-0.05, 0) is 36.4 Å². The Morgan fingerprint density at radius 3 is 2.48 bits per heavy atom. The van der Waals surface area contributed by atoms with Gasteiger partial charge in [0, 0.05) is 23.6 Å². The predicted octanol–water partition coefficient (Wildman–Crippen LogP) is 3.30. The van der Waals surface area contributed by atoms with Crippen LogP contribution in [0.4, 0.5) is 11.4 Å². The van der Waals surface area contributed by atoms with Gasteiger partial charge in [-0.2, -0.15) is 0 Å². The summed E-state index contributed by atoms with van der Waals surface area (Å²) in [5.74, 6) is 0.791. The summed E-state index contributed by atoms with van der Waals surface area (Å²) in [6.45, 7) is 0. The van der Waals surface area contributed by atoms with Gasteiger partial charge in [0.2, 0.25) is 0 Å². The molecule has 0 atom stereocenters. The van der Waals surface area contributed by atoms with Crippen LogP contribution >= 0.6 is 0 Å². The molecule has 106 valence electrons. The maximum Gasteiger partial charge on any atom is 0.272 e. The Morgan fingerprint density at radius 1 is 1.05 bits per heavy atom.